The van der Waals surface area contributed by atoms with Gasteiger partial charge >= 0.3 is 6.03 Å². The number of primary amides is 1. The third kappa shape index (κ3) is 6.46. The number of nitrogens with one attached hydrogen (secondary N) is 2. The summed E-state index contributed by atoms with van der Waals surface area (Å²) in [5.41, 5.74) is 7.74. The number of hydrogen-bond donors (Lipinski definition) is 3. The predicted octanol–water partition coefficient (Wildman–Crippen LogP) is 5.26. The van der Waals surface area contributed by atoms with E-state index >= 15 is 0 Å². The van der Waals surface area contributed by atoms with Gasteiger partial charge in [0, 0.05) is 39.3 Å². The maximum absolute atomic E-state index is 11.5. The lowest BCUT2D eigenvalue weighted by molar-refractivity contribution is 0.246. The third-order valence-electron chi connectivity index (χ3n) is 5.68. The van der Waals surface area contributed by atoms with Gasteiger partial charge in [0.25, 0.3) is 0 Å². The zero-order valence-electron chi connectivity index (χ0n) is 19.7. The Balaban J connectivity index is 1.88. The molecule has 2 heterocycles. The fourth-order valence-electron chi connectivity index (χ4n) is 3.83. The number of unbranched alkanes of at least 4 members (excludes halogenated alkanes) is 1. The van der Waals surface area contributed by atoms with E-state index in [0.717, 1.165) is 44.4 Å². The summed E-state index contributed by atoms with van der Waals surface area (Å²) in [7, 11) is 0. The van der Waals surface area contributed by atoms with Gasteiger partial charge in [-0.3, -0.25) is 0 Å². The van der Waals surface area contributed by atoms with Crippen LogP contribution >= 0.6 is 23.2 Å². The van der Waals surface area contributed by atoms with E-state index < -0.39 is 12.1 Å². The Kier molecular flexibility index (Phi) is 9.27. The van der Waals surface area contributed by atoms with Crippen LogP contribution in [0.5, 0.6) is 0 Å². The highest BCUT2D eigenvalue weighted by molar-refractivity contribution is 6.39. The first-order valence-electron chi connectivity index (χ1n) is 11.5. The topological polar surface area (TPSA) is 109 Å². The lowest BCUT2D eigenvalue weighted by Gasteiger charge is -2.19. The van der Waals surface area contributed by atoms with Gasteiger partial charge in [0.2, 0.25) is 5.95 Å². The summed E-state index contributed by atoms with van der Waals surface area (Å²) in [5, 5.41) is 7.64. The van der Waals surface area contributed by atoms with E-state index in [1.54, 1.807) is 31.3 Å². The molecule has 0 saturated heterocycles. The second-order valence-corrected chi connectivity index (χ2v) is 8.83. The smallest absolute Gasteiger partial charge is 0.312 e. The van der Waals surface area contributed by atoms with Crippen molar-refractivity contribution in [3.63, 3.8) is 0 Å². The number of urea groups is 1. The number of fused-ring (bicyclic) bond motifs is 1. The SMILES string of the molecule is CCN(CC)CCCCNc1ncc2cc(-c3c(Cl)cccc3Cl)c(C(C)NC(N)=O)nc2n1. The molecule has 0 aliphatic rings. The van der Waals surface area contributed by atoms with Crippen LogP contribution in [0.1, 0.15) is 45.3 Å². The first-order valence-corrected chi connectivity index (χ1v) is 12.2. The van der Waals surface area contributed by atoms with Crippen molar-refractivity contribution in [2.45, 2.75) is 39.7 Å². The molecule has 3 aromatic rings. The Morgan fingerprint density at radius 3 is 2.50 bits per heavy atom. The predicted molar refractivity (Wildman–Crippen MR) is 139 cm³/mol. The molecule has 0 radical (unpaired) electrons. The van der Waals surface area contributed by atoms with Gasteiger partial charge in [0.1, 0.15) is 0 Å². The number of halogens is 2. The molecular weight excluding hydrogens is 473 g/mol. The summed E-state index contributed by atoms with van der Waals surface area (Å²) < 4.78 is 0. The molecule has 2 aromatic heterocycles. The zero-order chi connectivity index (χ0) is 24.7. The van der Waals surface area contributed by atoms with E-state index in [4.69, 9.17) is 33.9 Å². The molecule has 1 atom stereocenters. The van der Waals surface area contributed by atoms with Gasteiger partial charge in [-0.25, -0.2) is 14.8 Å². The van der Waals surface area contributed by atoms with Crippen LogP contribution in [0, 0.1) is 0 Å². The number of pyridine rings is 1. The minimum atomic E-state index is -0.652. The molecule has 10 heteroatoms. The van der Waals surface area contributed by atoms with Crippen molar-refractivity contribution in [3.8, 4) is 11.1 Å². The van der Waals surface area contributed by atoms with Gasteiger partial charge in [-0.05, 0) is 57.6 Å². The molecular formula is C24H31Cl2N7O. The summed E-state index contributed by atoms with van der Waals surface area (Å²) in [6.07, 6.45) is 3.83. The second-order valence-electron chi connectivity index (χ2n) is 8.02. The maximum Gasteiger partial charge on any atom is 0.312 e. The summed E-state index contributed by atoms with van der Waals surface area (Å²) in [5.74, 6) is 0.507. The summed E-state index contributed by atoms with van der Waals surface area (Å²) in [6.45, 7) is 10.1. The maximum atomic E-state index is 11.5. The fraction of sp³-hybridized carbons (Fsp3) is 0.417. The average molecular weight is 504 g/mol. The quantitative estimate of drug-likeness (QED) is 0.307. The highest BCUT2D eigenvalue weighted by Gasteiger charge is 2.21. The molecule has 182 valence electrons. The summed E-state index contributed by atoms with van der Waals surface area (Å²) in [4.78, 5) is 27.7. The molecule has 0 aliphatic carbocycles. The van der Waals surface area contributed by atoms with Crippen molar-refractivity contribution < 1.29 is 4.79 Å². The van der Waals surface area contributed by atoms with Crippen molar-refractivity contribution in [3.05, 3.63) is 46.2 Å². The number of anilines is 1. The van der Waals surface area contributed by atoms with Crippen LogP contribution in [0.15, 0.2) is 30.5 Å². The van der Waals surface area contributed by atoms with E-state index in [1.165, 1.54) is 0 Å². The number of aromatic nitrogens is 3. The zero-order valence-corrected chi connectivity index (χ0v) is 21.2. The molecule has 1 aromatic carbocycles. The molecule has 0 spiro atoms. The van der Waals surface area contributed by atoms with Crippen molar-refractivity contribution in [2.24, 2.45) is 5.73 Å². The number of benzene rings is 1. The first kappa shape index (κ1) is 25.9. The van der Waals surface area contributed by atoms with Crippen molar-refractivity contribution in [1.82, 2.24) is 25.2 Å². The number of carbonyl (C=O) groups is 1. The molecule has 2 amide bonds. The molecule has 0 aliphatic heterocycles. The normalized spacial score (nSPS) is 12.2. The number of nitrogens with zero attached hydrogens (tertiary/aromatic N) is 4. The van der Waals surface area contributed by atoms with Crippen LogP contribution in [0.4, 0.5) is 10.7 Å². The van der Waals surface area contributed by atoms with Crippen LogP contribution in [0.2, 0.25) is 10.0 Å². The van der Waals surface area contributed by atoms with Crippen molar-refractivity contribution in [2.75, 3.05) is 31.5 Å². The molecule has 34 heavy (non-hydrogen) atoms. The Morgan fingerprint density at radius 2 is 1.85 bits per heavy atom. The number of carbonyl (C=O) groups excluding carboxylic acids is 1. The van der Waals surface area contributed by atoms with Gasteiger partial charge < -0.3 is 21.3 Å². The minimum Gasteiger partial charge on any atom is -0.354 e. The number of hydrogen-bond acceptors (Lipinski definition) is 6. The van der Waals surface area contributed by atoms with Crippen LogP contribution in [0.3, 0.4) is 0 Å². The number of rotatable bonds is 11. The molecule has 4 N–H and O–H groups in total. The van der Waals surface area contributed by atoms with Gasteiger partial charge in [-0.2, -0.15) is 4.98 Å². The first-order chi connectivity index (χ1) is 16.3. The van der Waals surface area contributed by atoms with Crippen molar-refractivity contribution in [1.29, 1.82) is 0 Å². The Morgan fingerprint density at radius 1 is 1.15 bits per heavy atom. The molecule has 1 unspecified atom stereocenters. The van der Waals surface area contributed by atoms with E-state index in [1.807, 2.05) is 6.07 Å². The van der Waals surface area contributed by atoms with Gasteiger partial charge in [0.15, 0.2) is 5.65 Å². The summed E-state index contributed by atoms with van der Waals surface area (Å²) in [6, 6.07) is 6.03. The lowest BCUT2D eigenvalue weighted by atomic mass is 9.99. The van der Waals surface area contributed by atoms with Crippen LogP contribution < -0.4 is 16.4 Å². The van der Waals surface area contributed by atoms with Crippen molar-refractivity contribution >= 4 is 46.2 Å². The molecule has 0 saturated carbocycles. The van der Waals surface area contributed by atoms with Crippen LogP contribution in [-0.4, -0.2) is 52.1 Å². The fourth-order valence-corrected chi connectivity index (χ4v) is 4.43. The van der Waals surface area contributed by atoms with E-state index in [-0.39, 0.29) is 0 Å². The molecule has 3 rings (SSSR count). The third-order valence-corrected chi connectivity index (χ3v) is 6.31. The number of amides is 2. The van der Waals surface area contributed by atoms with Gasteiger partial charge in [-0.1, -0.05) is 43.1 Å². The minimum absolute atomic E-state index is 0.477. The Hall–Kier alpha value is -2.68. The molecule has 8 nitrogen and oxygen atoms in total. The van der Waals surface area contributed by atoms with E-state index in [9.17, 15) is 4.79 Å². The average Bonchev–Trinajstić information content (AvgIpc) is 2.80. The van der Waals surface area contributed by atoms with Gasteiger partial charge in [-0.15, -0.1) is 0 Å². The summed E-state index contributed by atoms with van der Waals surface area (Å²) >= 11 is 13.0. The molecule has 0 bridgehead atoms. The highest BCUT2D eigenvalue weighted by atomic mass is 35.5. The van der Waals surface area contributed by atoms with Crippen LogP contribution in [-0.2, 0) is 0 Å². The largest absolute Gasteiger partial charge is 0.354 e. The van der Waals surface area contributed by atoms with E-state index in [2.05, 4.69) is 39.3 Å². The second kappa shape index (κ2) is 12.1. The monoisotopic (exact) mass is 503 g/mol. The van der Waals surface area contributed by atoms with E-state index in [0.29, 0.717) is 38.5 Å². The standard InChI is InChI=1S/C24H31Cl2N7O/c1-4-33(5-2)12-7-6-11-28-24-29-14-16-13-17(20-18(25)9-8-10-19(20)26)21(31-22(16)32-24)15(3)30-23(27)34/h8-10,13-15H,4-7,11-12H2,1-3H3,(H3,27,30,34)(H,28,29,31,32). The Labute approximate surface area is 210 Å². The molecule has 0 fully saturated rings. The highest BCUT2D eigenvalue weighted by Crippen LogP contribution is 2.39. The lowest BCUT2D eigenvalue weighted by Crippen LogP contribution is -2.32. The van der Waals surface area contributed by atoms with Crippen LogP contribution in [0.25, 0.3) is 22.2 Å². The number of nitrogens with two attached hydrogens (primary N) is 1. The van der Waals surface area contributed by atoms with Gasteiger partial charge in [0.05, 0.1) is 11.7 Å². The Bertz CT molecular complexity index is 1120.